The molecule has 0 saturated carbocycles. The van der Waals surface area contributed by atoms with Crippen LogP contribution in [0, 0.1) is 0 Å². The first kappa shape index (κ1) is 4.89. The van der Waals surface area contributed by atoms with Crippen molar-refractivity contribution in [1.82, 2.24) is 0 Å². The number of rotatable bonds is 0. The van der Waals surface area contributed by atoms with E-state index in [-0.39, 0.29) is 5.09 Å². The zero-order valence-electron chi connectivity index (χ0n) is 2.97. The Labute approximate surface area is 36.7 Å². The van der Waals surface area contributed by atoms with Crippen LogP contribution in [-0.2, 0) is 0 Å². The van der Waals surface area contributed by atoms with Crippen LogP contribution < -0.4 is 0 Å². The molecule has 0 rings (SSSR count). The highest BCUT2D eigenvalue weighted by Crippen LogP contribution is 1.87. The van der Waals surface area contributed by atoms with E-state index in [1.165, 1.54) is 6.08 Å². The molecular formula is C3H6OS. The van der Waals surface area contributed by atoms with Gasteiger partial charge in [-0.1, -0.05) is 0 Å². The van der Waals surface area contributed by atoms with Gasteiger partial charge < -0.3 is 5.11 Å². The highest BCUT2D eigenvalue weighted by Gasteiger charge is 1.64. The summed E-state index contributed by atoms with van der Waals surface area (Å²) in [5.74, 6) is 0. The van der Waals surface area contributed by atoms with Crippen molar-refractivity contribution in [3.8, 4) is 0 Å². The van der Waals surface area contributed by atoms with Gasteiger partial charge in [-0.15, -0.1) is 12.6 Å². The van der Waals surface area contributed by atoms with Crippen molar-refractivity contribution in [2.75, 3.05) is 0 Å². The zero-order chi connectivity index (χ0) is 4.28. The molecule has 0 radical (unpaired) electrons. The Balaban J connectivity index is 3.14. The van der Waals surface area contributed by atoms with Crippen molar-refractivity contribution in [1.29, 1.82) is 0 Å². The fourth-order valence-electron chi connectivity index (χ4n) is 0. The van der Waals surface area contributed by atoms with Gasteiger partial charge in [0.05, 0.1) is 0 Å². The quantitative estimate of drug-likeness (QED) is 0.339. The van der Waals surface area contributed by atoms with E-state index in [9.17, 15) is 0 Å². The first-order valence-corrected chi connectivity index (χ1v) is 1.76. The molecule has 1 N–H and O–H groups in total. The molecule has 0 aromatic heterocycles. The van der Waals surface area contributed by atoms with Crippen LogP contribution in [-0.4, -0.2) is 5.11 Å². The van der Waals surface area contributed by atoms with E-state index in [0.29, 0.717) is 0 Å². The Hall–Kier alpha value is -0.110. The fourth-order valence-corrected chi connectivity index (χ4v) is 0. The lowest BCUT2D eigenvalue weighted by molar-refractivity contribution is 0.457. The third kappa shape index (κ3) is 3.89. The van der Waals surface area contributed by atoms with Crippen molar-refractivity contribution in [3.05, 3.63) is 11.2 Å². The monoisotopic (exact) mass is 90.0 g/mol. The number of aliphatic hydroxyl groups is 1. The molecule has 0 saturated heterocycles. The molecule has 0 fully saturated rings. The van der Waals surface area contributed by atoms with E-state index < -0.39 is 0 Å². The Morgan fingerprint density at radius 1 is 2.00 bits per heavy atom. The van der Waals surface area contributed by atoms with Gasteiger partial charge in [0.1, 0.15) is 5.09 Å². The van der Waals surface area contributed by atoms with Crippen LogP contribution in [0.15, 0.2) is 11.2 Å². The Morgan fingerprint density at radius 3 is 2.20 bits per heavy atom. The van der Waals surface area contributed by atoms with Crippen molar-refractivity contribution in [2.24, 2.45) is 0 Å². The van der Waals surface area contributed by atoms with Crippen LogP contribution in [0.5, 0.6) is 0 Å². The largest absolute Gasteiger partial charge is 0.503 e. The molecule has 2 heteroatoms. The van der Waals surface area contributed by atoms with Crippen LogP contribution in [0.2, 0.25) is 0 Å². The average molecular weight is 90.1 g/mol. The summed E-state index contributed by atoms with van der Waals surface area (Å²) < 4.78 is 0. The summed E-state index contributed by atoms with van der Waals surface area (Å²) in [5.41, 5.74) is 0. The predicted octanol–water partition coefficient (Wildman–Crippen LogP) is 1.34. The first-order chi connectivity index (χ1) is 2.27. The summed E-state index contributed by atoms with van der Waals surface area (Å²) in [4.78, 5) is 0. The highest BCUT2D eigenvalue weighted by atomic mass is 32.1. The highest BCUT2D eigenvalue weighted by molar-refractivity contribution is 7.84. The van der Waals surface area contributed by atoms with E-state index in [2.05, 4.69) is 12.6 Å². The number of thiol groups is 1. The van der Waals surface area contributed by atoms with E-state index >= 15 is 0 Å². The lowest BCUT2D eigenvalue weighted by Crippen LogP contribution is -1.55. The topological polar surface area (TPSA) is 20.2 Å². The number of hydrogen-bond donors (Lipinski definition) is 2. The van der Waals surface area contributed by atoms with Gasteiger partial charge in [-0.05, 0) is 13.0 Å². The Bertz CT molecular complexity index is 44.9. The van der Waals surface area contributed by atoms with Crippen molar-refractivity contribution < 1.29 is 5.11 Å². The van der Waals surface area contributed by atoms with Crippen LogP contribution in [0.4, 0.5) is 0 Å². The van der Waals surface area contributed by atoms with Gasteiger partial charge in [-0.3, -0.25) is 0 Å². The van der Waals surface area contributed by atoms with Gasteiger partial charge in [-0.25, -0.2) is 0 Å². The molecule has 0 aliphatic heterocycles. The van der Waals surface area contributed by atoms with Crippen molar-refractivity contribution in [3.63, 3.8) is 0 Å². The molecule has 0 aliphatic rings. The van der Waals surface area contributed by atoms with E-state index in [0.717, 1.165) is 0 Å². The minimum atomic E-state index is 0.0741. The second-order valence-electron chi connectivity index (χ2n) is 0.647. The lowest BCUT2D eigenvalue weighted by atomic mass is 10.7. The average Bonchev–Trinajstić information content (AvgIpc) is 1.38. The van der Waals surface area contributed by atoms with E-state index in [1.807, 2.05) is 0 Å². The Kier molecular flexibility index (Phi) is 2.10. The summed E-state index contributed by atoms with van der Waals surface area (Å²) in [6.07, 6.45) is 1.50. The number of aliphatic hydroxyl groups excluding tert-OH is 1. The summed E-state index contributed by atoms with van der Waals surface area (Å²) in [6.45, 7) is 1.71. The molecule has 0 aromatic carbocycles. The summed E-state index contributed by atoms with van der Waals surface area (Å²) in [5, 5.41) is 8.16. The molecule has 0 spiro atoms. The van der Waals surface area contributed by atoms with Crippen molar-refractivity contribution >= 4 is 12.6 Å². The number of allylic oxidation sites excluding steroid dienone is 1. The molecule has 0 aliphatic carbocycles. The molecule has 0 heterocycles. The second kappa shape index (κ2) is 2.15. The van der Waals surface area contributed by atoms with Gasteiger partial charge in [0.15, 0.2) is 0 Å². The fraction of sp³-hybridized carbons (Fsp3) is 0.333. The molecule has 0 bridgehead atoms. The van der Waals surface area contributed by atoms with Gasteiger partial charge in [-0.2, -0.15) is 0 Å². The minimum absolute atomic E-state index is 0.0741. The van der Waals surface area contributed by atoms with Gasteiger partial charge >= 0.3 is 0 Å². The molecule has 5 heavy (non-hydrogen) atoms. The van der Waals surface area contributed by atoms with Gasteiger partial charge in [0, 0.05) is 0 Å². The molecule has 0 amide bonds. The summed E-state index contributed by atoms with van der Waals surface area (Å²) in [6, 6.07) is 0. The molecule has 1 nitrogen and oxygen atoms in total. The van der Waals surface area contributed by atoms with Crippen molar-refractivity contribution in [2.45, 2.75) is 6.92 Å². The van der Waals surface area contributed by atoms with Crippen LogP contribution in [0.1, 0.15) is 6.92 Å². The van der Waals surface area contributed by atoms with E-state index in [1.54, 1.807) is 6.92 Å². The molecule has 0 atom stereocenters. The minimum Gasteiger partial charge on any atom is -0.503 e. The first-order valence-electron chi connectivity index (χ1n) is 1.31. The van der Waals surface area contributed by atoms with Crippen LogP contribution in [0.3, 0.4) is 0 Å². The predicted molar refractivity (Wildman–Crippen MR) is 25.4 cm³/mol. The maximum atomic E-state index is 8.09. The lowest BCUT2D eigenvalue weighted by Gasteiger charge is -1.73. The smallest absolute Gasteiger partial charge is 0.142 e. The SMILES string of the molecule is C/C=C(\O)S. The van der Waals surface area contributed by atoms with Gasteiger partial charge in [0.25, 0.3) is 0 Å². The summed E-state index contributed by atoms with van der Waals surface area (Å²) >= 11 is 3.51. The molecular weight excluding hydrogens is 84.1 g/mol. The number of hydrogen-bond acceptors (Lipinski definition) is 2. The maximum Gasteiger partial charge on any atom is 0.142 e. The molecule has 0 aromatic rings. The molecule has 30 valence electrons. The standard InChI is InChI=1S/C3H6OS/c1-2-3(4)5/h2,4-5H,1H3/b3-2+. The van der Waals surface area contributed by atoms with Gasteiger partial charge in [0.2, 0.25) is 0 Å². The summed E-state index contributed by atoms with van der Waals surface area (Å²) in [7, 11) is 0. The van der Waals surface area contributed by atoms with E-state index in [4.69, 9.17) is 5.11 Å². The Morgan fingerprint density at radius 2 is 2.20 bits per heavy atom. The van der Waals surface area contributed by atoms with Crippen LogP contribution >= 0.6 is 12.6 Å². The van der Waals surface area contributed by atoms with Crippen LogP contribution in [0.25, 0.3) is 0 Å². The third-order valence-corrected chi connectivity index (χ3v) is 0.516. The maximum absolute atomic E-state index is 8.09. The normalized spacial score (nSPS) is 12.0. The second-order valence-corrected chi connectivity index (χ2v) is 1.11. The zero-order valence-corrected chi connectivity index (χ0v) is 3.87. The third-order valence-electron chi connectivity index (χ3n) is 0.258. The molecule has 0 unspecified atom stereocenters.